The van der Waals surface area contributed by atoms with Gasteiger partial charge in [-0.25, -0.2) is 0 Å². The zero-order chi connectivity index (χ0) is 11.8. The third-order valence-electron chi connectivity index (χ3n) is 3.25. The molecule has 3 heteroatoms. The van der Waals surface area contributed by atoms with E-state index in [1.807, 2.05) is 12.3 Å². The smallest absolute Gasteiger partial charge is 0.0731 e. The summed E-state index contributed by atoms with van der Waals surface area (Å²) in [6.45, 7) is 2.74. The Morgan fingerprint density at radius 3 is 3.18 bits per heavy atom. The molecule has 0 saturated carbocycles. The molecule has 1 aliphatic rings. The van der Waals surface area contributed by atoms with Crippen LogP contribution in [0.15, 0.2) is 24.5 Å². The fourth-order valence-electron chi connectivity index (χ4n) is 2.28. The maximum absolute atomic E-state index is 5.64. The van der Waals surface area contributed by atoms with E-state index in [0.29, 0.717) is 6.61 Å². The zero-order valence-electron chi connectivity index (χ0n) is 10.4. The summed E-state index contributed by atoms with van der Waals surface area (Å²) in [4.78, 5) is 4.07. The van der Waals surface area contributed by atoms with Crippen LogP contribution < -0.4 is 5.32 Å². The largest absolute Gasteiger partial charge is 0.377 e. The van der Waals surface area contributed by atoms with E-state index in [2.05, 4.69) is 16.4 Å². The fraction of sp³-hybridized carbons (Fsp3) is 0.643. The van der Waals surface area contributed by atoms with E-state index < -0.39 is 0 Å². The van der Waals surface area contributed by atoms with Crippen LogP contribution in [0.2, 0.25) is 0 Å². The van der Waals surface area contributed by atoms with Crippen LogP contribution in [-0.2, 0) is 11.3 Å². The van der Waals surface area contributed by atoms with Crippen molar-refractivity contribution in [3.63, 3.8) is 0 Å². The van der Waals surface area contributed by atoms with Gasteiger partial charge in [-0.2, -0.15) is 0 Å². The SMILES string of the molecule is c1cncc(COCCCC2CCCCN2)c1. The summed E-state index contributed by atoms with van der Waals surface area (Å²) in [6.07, 6.45) is 10.1. The normalized spacial score (nSPS) is 20.4. The van der Waals surface area contributed by atoms with Gasteiger partial charge in [0, 0.05) is 25.0 Å². The molecule has 1 aliphatic heterocycles. The van der Waals surface area contributed by atoms with Gasteiger partial charge in [-0.1, -0.05) is 12.5 Å². The molecule has 0 amide bonds. The van der Waals surface area contributed by atoms with Crippen molar-refractivity contribution in [2.75, 3.05) is 13.2 Å². The van der Waals surface area contributed by atoms with Crippen LogP contribution in [0, 0.1) is 0 Å². The van der Waals surface area contributed by atoms with Gasteiger partial charge in [0.05, 0.1) is 6.61 Å². The topological polar surface area (TPSA) is 34.1 Å². The number of nitrogens with one attached hydrogen (secondary N) is 1. The molecule has 17 heavy (non-hydrogen) atoms. The van der Waals surface area contributed by atoms with Gasteiger partial charge in [-0.05, 0) is 43.9 Å². The maximum Gasteiger partial charge on any atom is 0.0731 e. The quantitative estimate of drug-likeness (QED) is 0.768. The first-order valence-corrected chi connectivity index (χ1v) is 6.65. The molecule has 0 aliphatic carbocycles. The number of piperidine rings is 1. The molecule has 1 saturated heterocycles. The summed E-state index contributed by atoms with van der Waals surface area (Å²) in [7, 11) is 0. The van der Waals surface area contributed by atoms with Gasteiger partial charge in [-0.15, -0.1) is 0 Å². The Bertz CT molecular complexity index is 296. The first-order chi connectivity index (χ1) is 8.45. The molecular weight excluding hydrogens is 212 g/mol. The average molecular weight is 234 g/mol. The van der Waals surface area contributed by atoms with Crippen molar-refractivity contribution < 1.29 is 4.74 Å². The molecule has 94 valence electrons. The molecular formula is C14H22N2O. The standard InChI is InChI=1S/C14H22N2O/c1-2-9-16-14(6-1)7-4-10-17-12-13-5-3-8-15-11-13/h3,5,8,11,14,16H,1-2,4,6-7,9-10,12H2. The summed E-state index contributed by atoms with van der Waals surface area (Å²) in [5.41, 5.74) is 1.16. The van der Waals surface area contributed by atoms with Gasteiger partial charge in [0.2, 0.25) is 0 Å². The predicted octanol–water partition coefficient (Wildman–Crippen LogP) is 2.52. The second kappa shape index (κ2) is 7.41. The number of rotatable bonds is 6. The molecule has 3 nitrogen and oxygen atoms in total. The van der Waals surface area contributed by atoms with Crippen LogP contribution >= 0.6 is 0 Å². The number of pyridine rings is 1. The molecule has 0 aromatic carbocycles. The summed E-state index contributed by atoms with van der Waals surface area (Å²) < 4.78 is 5.64. The third-order valence-corrected chi connectivity index (χ3v) is 3.25. The Labute approximate surface area is 104 Å². The van der Waals surface area contributed by atoms with E-state index >= 15 is 0 Å². The van der Waals surface area contributed by atoms with Crippen molar-refractivity contribution in [3.05, 3.63) is 30.1 Å². The second-order valence-corrected chi connectivity index (χ2v) is 4.70. The predicted molar refractivity (Wildman–Crippen MR) is 68.8 cm³/mol. The average Bonchev–Trinajstić information content (AvgIpc) is 2.41. The van der Waals surface area contributed by atoms with Gasteiger partial charge in [-0.3, -0.25) is 4.98 Å². The molecule has 1 fully saturated rings. The third kappa shape index (κ3) is 4.84. The highest BCUT2D eigenvalue weighted by atomic mass is 16.5. The molecule has 2 heterocycles. The molecule has 0 bridgehead atoms. The van der Waals surface area contributed by atoms with E-state index in [1.54, 1.807) is 6.20 Å². The Hall–Kier alpha value is -0.930. The van der Waals surface area contributed by atoms with Gasteiger partial charge in [0.1, 0.15) is 0 Å². The second-order valence-electron chi connectivity index (χ2n) is 4.70. The highest BCUT2D eigenvalue weighted by molar-refractivity contribution is 5.06. The number of nitrogens with zero attached hydrogens (tertiary/aromatic N) is 1. The van der Waals surface area contributed by atoms with Gasteiger partial charge in [0.25, 0.3) is 0 Å². The first kappa shape index (κ1) is 12.5. The van der Waals surface area contributed by atoms with E-state index in [1.165, 1.54) is 32.2 Å². The van der Waals surface area contributed by atoms with E-state index in [-0.39, 0.29) is 0 Å². The first-order valence-electron chi connectivity index (χ1n) is 6.65. The number of hydrogen-bond acceptors (Lipinski definition) is 3. The van der Waals surface area contributed by atoms with Crippen LogP contribution in [0.5, 0.6) is 0 Å². The minimum atomic E-state index is 0.686. The number of aromatic nitrogens is 1. The van der Waals surface area contributed by atoms with E-state index in [9.17, 15) is 0 Å². The van der Waals surface area contributed by atoms with E-state index in [0.717, 1.165) is 24.6 Å². The molecule has 0 radical (unpaired) electrons. The van der Waals surface area contributed by atoms with Crippen LogP contribution in [0.25, 0.3) is 0 Å². The van der Waals surface area contributed by atoms with Crippen molar-refractivity contribution in [1.29, 1.82) is 0 Å². The van der Waals surface area contributed by atoms with Crippen LogP contribution in [0.3, 0.4) is 0 Å². The summed E-state index contributed by atoms with van der Waals surface area (Å²) in [5.74, 6) is 0. The Balaban J connectivity index is 1.51. The van der Waals surface area contributed by atoms with Gasteiger partial charge >= 0.3 is 0 Å². The lowest BCUT2D eigenvalue weighted by molar-refractivity contribution is 0.114. The highest BCUT2D eigenvalue weighted by Gasteiger charge is 2.11. The van der Waals surface area contributed by atoms with Gasteiger partial charge in [0.15, 0.2) is 0 Å². The minimum absolute atomic E-state index is 0.686. The number of hydrogen-bond donors (Lipinski definition) is 1. The lowest BCUT2D eigenvalue weighted by Crippen LogP contribution is -2.33. The van der Waals surface area contributed by atoms with Crippen molar-refractivity contribution >= 4 is 0 Å². The lowest BCUT2D eigenvalue weighted by atomic mass is 10.0. The van der Waals surface area contributed by atoms with E-state index in [4.69, 9.17) is 4.74 Å². The lowest BCUT2D eigenvalue weighted by Gasteiger charge is -2.23. The number of ether oxygens (including phenoxy) is 1. The summed E-state index contributed by atoms with van der Waals surface area (Å²) in [5, 5.41) is 3.56. The molecule has 2 rings (SSSR count). The molecule has 1 N–H and O–H groups in total. The maximum atomic E-state index is 5.64. The minimum Gasteiger partial charge on any atom is -0.377 e. The van der Waals surface area contributed by atoms with Crippen molar-refractivity contribution in [2.45, 2.75) is 44.8 Å². The molecule has 1 unspecified atom stereocenters. The van der Waals surface area contributed by atoms with Crippen LogP contribution in [0.4, 0.5) is 0 Å². The zero-order valence-corrected chi connectivity index (χ0v) is 10.4. The summed E-state index contributed by atoms with van der Waals surface area (Å²) in [6, 6.07) is 4.73. The molecule has 1 aromatic rings. The van der Waals surface area contributed by atoms with Gasteiger partial charge < -0.3 is 10.1 Å². The van der Waals surface area contributed by atoms with Crippen molar-refractivity contribution in [2.24, 2.45) is 0 Å². The van der Waals surface area contributed by atoms with Crippen LogP contribution in [-0.4, -0.2) is 24.2 Å². The van der Waals surface area contributed by atoms with Crippen molar-refractivity contribution in [1.82, 2.24) is 10.3 Å². The molecule has 1 aromatic heterocycles. The molecule has 1 atom stereocenters. The summed E-state index contributed by atoms with van der Waals surface area (Å²) >= 11 is 0. The van der Waals surface area contributed by atoms with Crippen LogP contribution in [0.1, 0.15) is 37.7 Å². The Kier molecular flexibility index (Phi) is 5.46. The monoisotopic (exact) mass is 234 g/mol. The highest BCUT2D eigenvalue weighted by Crippen LogP contribution is 2.11. The fourth-order valence-corrected chi connectivity index (χ4v) is 2.28. The Morgan fingerprint density at radius 2 is 2.41 bits per heavy atom. The molecule has 0 spiro atoms. The van der Waals surface area contributed by atoms with Crippen molar-refractivity contribution in [3.8, 4) is 0 Å². The Morgan fingerprint density at radius 1 is 1.41 bits per heavy atom.